The van der Waals surface area contributed by atoms with Crippen LogP contribution < -0.4 is 20.5 Å². The lowest BCUT2D eigenvalue weighted by Crippen LogP contribution is -2.49. The van der Waals surface area contributed by atoms with Crippen molar-refractivity contribution in [2.75, 3.05) is 20.3 Å². The monoisotopic (exact) mass is 599 g/mol. The molecule has 3 aliphatic rings. The van der Waals surface area contributed by atoms with E-state index in [1.54, 1.807) is 48.9 Å². The van der Waals surface area contributed by atoms with Crippen molar-refractivity contribution >= 4 is 17.5 Å². The number of nitrogens with zero attached hydrogens (tertiary/aromatic N) is 3. The second-order valence-corrected chi connectivity index (χ2v) is 12.4. The minimum Gasteiger partial charge on any atom is -0.493 e. The molecule has 1 aromatic carbocycles. The number of hydrogen-bond acceptors (Lipinski definition) is 7. The van der Waals surface area contributed by atoms with Gasteiger partial charge in [-0.1, -0.05) is 6.42 Å². The first kappa shape index (κ1) is 28.3. The van der Waals surface area contributed by atoms with Crippen molar-refractivity contribution in [3.8, 4) is 22.8 Å². The lowest BCUT2D eigenvalue weighted by molar-refractivity contribution is -0.123. The number of halogens is 1. The van der Waals surface area contributed by atoms with Gasteiger partial charge in [-0.05, 0) is 74.9 Å². The number of amides is 2. The van der Waals surface area contributed by atoms with Crippen LogP contribution in [0.2, 0.25) is 0 Å². The van der Waals surface area contributed by atoms with Crippen molar-refractivity contribution in [3.05, 3.63) is 77.1 Å². The molecule has 11 heteroatoms. The molecule has 44 heavy (non-hydrogen) atoms. The van der Waals surface area contributed by atoms with Gasteiger partial charge in [0.1, 0.15) is 34.9 Å². The average molecular weight is 600 g/mol. The Hall–Kier alpha value is -4.51. The van der Waals surface area contributed by atoms with Gasteiger partial charge in [0.05, 0.1) is 30.6 Å². The number of benzene rings is 1. The normalized spacial score (nSPS) is 20.8. The number of carbonyl (C=O) groups is 2. The maximum atomic E-state index is 13.8. The summed E-state index contributed by atoms with van der Waals surface area (Å²) in [4.78, 5) is 35.8. The zero-order valence-electron chi connectivity index (χ0n) is 24.6. The van der Waals surface area contributed by atoms with Crippen molar-refractivity contribution in [2.24, 2.45) is 11.7 Å². The topological polar surface area (TPSA) is 141 Å². The predicted octanol–water partition coefficient (Wildman–Crippen LogP) is 3.97. The van der Waals surface area contributed by atoms with E-state index in [1.165, 1.54) is 12.1 Å². The van der Waals surface area contributed by atoms with Crippen LogP contribution in [0.1, 0.15) is 72.3 Å². The molecule has 2 fully saturated rings. The summed E-state index contributed by atoms with van der Waals surface area (Å²) in [5.41, 5.74) is 6.80. The van der Waals surface area contributed by atoms with Gasteiger partial charge in [-0.15, -0.1) is 0 Å². The number of rotatable bonds is 9. The number of aromatic nitrogens is 3. The Morgan fingerprint density at radius 2 is 1.93 bits per heavy atom. The molecule has 0 bridgehead atoms. The molecule has 10 nitrogen and oxygen atoms in total. The van der Waals surface area contributed by atoms with E-state index in [4.69, 9.17) is 25.2 Å². The number of nitrogens with one attached hydrogen (secondary N) is 1. The number of carbonyl (C=O) groups excluding carboxylic acids is 2. The fraction of sp³-hybridized carbons (Fsp3) is 0.394. The lowest BCUT2D eigenvalue weighted by Gasteiger charge is -2.41. The molecule has 4 N–H and O–H groups in total. The summed E-state index contributed by atoms with van der Waals surface area (Å²) in [7, 11) is 1.54. The van der Waals surface area contributed by atoms with Crippen LogP contribution in [0.3, 0.4) is 0 Å². The Morgan fingerprint density at radius 3 is 2.57 bits per heavy atom. The second kappa shape index (κ2) is 10.3. The minimum atomic E-state index is -1.57. The van der Waals surface area contributed by atoms with Gasteiger partial charge >= 0.3 is 0 Å². The number of nitrogens with two attached hydrogens (primary N) is 1. The molecule has 1 unspecified atom stereocenters. The Kier molecular flexibility index (Phi) is 6.61. The van der Waals surface area contributed by atoms with Crippen LogP contribution in [0, 0.1) is 11.7 Å². The number of fused-ring (bicyclic) bond motifs is 2. The number of hydrogen-bond donors (Lipinski definition) is 3. The summed E-state index contributed by atoms with van der Waals surface area (Å²) >= 11 is 0. The Morgan fingerprint density at radius 1 is 1.18 bits per heavy atom. The highest BCUT2D eigenvalue weighted by Gasteiger charge is 2.48. The zero-order chi connectivity index (χ0) is 30.8. The second-order valence-electron chi connectivity index (χ2n) is 12.4. The van der Waals surface area contributed by atoms with Gasteiger partial charge < -0.3 is 30.0 Å². The standard InChI is InChI=1S/C33H34FN5O5/c1-32(31(35)41)17-44-28-23(32)13-26(38-27(28)19-8-10-22(34)11-9-19)33(42,21-4-3-5-21)16-36-30(40)20-12-25(43-2)29-37-24(18-6-7-18)15-39(29)14-20/h8-15,18,21,42H,3-7,16-17H2,1-2H3,(H2,35,41)(H,36,40)/t32-,33?/m0/s1. The van der Waals surface area contributed by atoms with E-state index in [2.05, 4.69) is 5.32 Å². The first-order chi connectivity index (χ1) is 21.1. The van der Waals surface area contributed by atoms with E-state index in [0.29, 0.717) is 45.4 Å². The van der Waals surface area contributed by atoms with Crippen molar-refractivity contribution in [2.45, 2.75) is 56.0 Å². The molecule has 7 rings (SSSR count). The number of imidazole rings is 1. The van der Waals surface area contributed by atoms with Gasteiger partial charge in [-0.2, -0.15) is 0 Å². The number of ether oxygens (including phenoxy) is 2. The summed E-state index contributed by atoms with van der Waals surface area (Å²) in [5, 5.41) is 15.3. The first-order valence-electron chi connectivity index (χ1n) is 14.9. The fourth-order valence-electron chi connectivity index (χ4n) is 6.20. The third-order valence-corrected chi connectivity index (χ3v) is 9.49. The third kappa shape index (κ3) is 4.57. The van der Waals surface area contributed by atoms with Gasteiger partial charge in [-0.3, -0.25) is 9.59 Å². The molecule has 4 aromatic rings. The van der Waals surface area contributed by atoms with E-state index in [-0.39, 0.29) is 24.8 Å². The maximum Gasteiger partial charge on any atom is 0.253 e. The number of primary amides is 1. The molecule has 2 atom stereocenters. The molecule has 2 aliphatic carbocycles. The number of methoxy groups -OCH3 is 1. The Labute approximate surface area is 253 Å². The maximum absolute atomic E-state index is 13.8. The summed E-state index contributed by atoms with van der Waals surface area (Å²) in [6.07, 6.45) is 8.24. The number of aliphatic hydroxyl groups is 1. The van der Waals surface area contributed by atoms with Crippen LogP contribution in [0.15, 0.2) is 48.8 Å². The zero-order valence-corrected chi connectivity index (χ0v) is 24.6. The van der Waals surface area contributed by atoms with E-state index in [1.807, 2.05) is 6.20 Å². The molecule has 0 radical (unpaired) electrons. The minimum absolute atomic E-state index is 0.0105. The summed E-state index contributed by atoms with van der Waals surface area (Å²) in [6, 6.07) is 9.09. The largest absolute Gasteiger partial charge is 0.493 e. The summed E-state index contributed by atoms with van der Waals surface area (Å²) in [6.45, 7) is 1.57. The molecule has 0 spiro atoms. The van der Waals surface area contributed by atoms with E-state index >= 15 is 0 Å². The smallest absolute Gasteiger partial charge is 0.253 e. The predicted molar refractivity (Wildman–Crippen MR) is 159 cm³/mol. The van der Waals surface area contributed by atoms with Crippen LogP contribution in [-0.4, -0.2) is 51.6 Å². The molecule has 4 heterocycles. The van der Waals surface area contributed by atoms with Crippen molar-refractivity contribution < 1.29 is 28.6 Å². The highest BCUT2D eigenvalue weighted by Crippen LogP contribution is 2.48. The fourth-order valence-corrected chi connectivity index (χ4v) is 6.20. The molecule has 1 aliphatic heterocycles. The Bertz CT molecular complexity index is 1800. The molecular weight excluding hydrogens is 565 g/mol. The average Bonchev–Trinajstić information content (AvgIpc) is 3.65. The molecule has 0 saturated heterocycles. The first-order valence-corrected chi connectivity index (χ1v) is 14.9. The highest BCUT2D eigenvalue weighted by molar-refractivity contribution is 5.95. The highest BCUT2D eigenvalue weighted by atomic mass is 19.1. The molecule has 228 valence electrons. The Balaban J connectivity index is 1.26. The van der Waals surface area contributed by atoms with Crippen LogP contribution in [0.5, 0.6) is 11.5 Å². The van der Waals surface area contributed by atoms with Crippen LogP contribution in [0.25, 0.3) is 16.9 Å². The third-order valence-electron chi connectivity index (χ3n) is 9.49. The van der Waals surface area contributed by atoms with Crippen molar-refractivity contribution in [1.82, 2.24) is 19.7 Å². The van der Waals surface area contributed by atoms with Crippen LogP contribution in [0.4, 0.5) is 4.39 Å². The SMILES string of the molecule is COc1cc(C(=O)NCC(O)(c2cc3c(c(-c4ccc(F)cc4)n2)OC[C@]3(C)C(N)=O)C2CCC2)cn2cc(C3CC3)nc12. The van der Waals surface area contributed by atoms with Gasteiger partial charge in [0.15, 0.2) is 11.4 Å². The van der Waals surface area contributed by atoms with Crippen molar-refractivity contribution in [3.63, 3.8) is 0 Å². The molecule has 3 aromatic heterocycles. The van der Waals surface area contributed by atoms with Gasteiger partial charge in [0.25, 0.3) is 5.91 Å². The van der Waals surface area contributed by atoms with E-state index in [0.717, 1.165) is 37.8 Å². The molecule has 2 amide bonds. The van der Waals surface area contributed by atoms with Crippen molar-refractivity contribution in [1.29, 1.82) is 0 Å². The van der Waals surface area contributed by atoms with Gasteiger partial charge in [-0.25, -0.2) is 14.4 Å². The quantitative estimate of drug-likeness (QED) is 0.264. The number of pyridine rings is 2. The summed E-state index contributed by atoms with van der Waals surface area (Å²) in [5.74, 6) is -0.282. The lowest BCUT2D eigenvalue weighted by atomic mass is 9.70. The van der Waals surface area contributed by atoms with E-state index in [9.17, 15) is 19.1 Å². The van der Waals surface area contributed by atoms with Crippen LogP contribution >= 0.6 is 0 Å². The molecular formula is C33H34FN5O5. The summed E-state index contributed by atoms with van der Waals surface area (Å²) < 4.78 is 27.1. The van der Waals surface area contributed by atoms with Gasteiger partial charge in [0, 0.05) is 29.4 Å². The van der Waals surface area contributed by atoms with Gasteiger partial charge in [0.2, 0.25) is 5.91 Å². The molecule has 2 saturated carbocycles. The van der Waals surface area contributed by atoms with E-state index < -0.39 is 28.6 Å². The van der Waals surface area contributed by atoms with Crippen LogP contribution in [-0.2, 0) is 15.8 Å².